The number of rotatable bonds is 1. The highest BCUT2D eigenvalue weighted by molar-refractivity contribution is 5.68. The molecule has 0 aliphatic carbocycles. The van der Waals surface area contributed by atoms with E-state index in [1.165, 1.54) is 6.07 Å². The van der Waals surface area contributed by atoms with Crippen LogP contribution in [0.5, 0.6) is 0 Å². The molecular weight excluding hydrogens is 347 g/mol. The average molecular weight is 372 g/mol. The van der Waals surface area contributed by atoms with Crippen LogP contribution >= 0.6 is 0 Å². The van der Waals surface area contributed by atoms with Gasteiger partial charge in [-0.3, -0.25) is 0 Å². The molecule has 1 saturated heterocycles. The third-order valence-electron chi connectivity index (χ3n) is 4.95. The van der Waals surface area contributed by atoms with Crippen molar-refractivity contribution in [3.05, 3.63) is 41.3 Å². The Kier molecular flexibility index (Phi) is 4.32. The van der Waals surface area contributed by atoms with Gasteiger partial charge in [0.05, 0.1) is 5.69 Å². The Morgan fingerprint density at radius 3 is 2.56 bits per heavy atom. The summed E-state index contributed by atoms with van der Waals surface area (Å²) in [5.74, 6) is 0.703. The summed E-state index contributed by atoms with van der Waals surface area (Å²) >= 11 is 0. The first-order valence-corrected chi connectivity index (χ1v) is 9.41. The van der Waals surface area contributed by atoms with Crippen molar-refractivity contribution in [3.8, 4) is 5.69 Å². The van der Waals surface area contributed by atoms with Gasteiger partial charge in [0.2, 0.25) is 0 Å². The number of amides is 1. The Hall–Kier alpha value is -2.57. The lowest BCUT2D eigenvalue weighted by Gasteiger charge is -2.35. The highest BCUT2D eigenvalue weighted by atomic mass is 19.1. The van der Waals surface area contributed by atoms with Crippen molar-refractivity contribution in [1.82, 2.24) is 14.7 Å². The van der Waals surface area contributed by atoms with Gasteiger partial charge >= 0.3 is 6.09 Å². The van der Waals surface area contributed by atoms with Crippen molar-refractivity contribution in [2.24, 2.45) is 0 Å². The average Bonchev–Trinajstić information content (AvgIpc) is 3.04. The first-order valence-electron chi connectivity index (χ1n) is 9.41. The van der Waals surface area contributed by atoms with E-state index in [-0.39, 0.29) is 11.9 Å². The molecule has 2 aliphatic rings. The third-order valence-corrected chi connectivity index (χ3v) is 4.95. The number of hydrogen-bond donors (Lipinski definition) is 0. The van der Waals surface area contributed by atoms with Crippen LogP contribution < -0.4 is 4.90 Å². The maximum Gasteiger partial charge on any atom is 0.410 e. The number of halogens is 1. The number of carbonyl (C=O) groups excluding carboxylic acids is 1. The zero-order chi connectivity index (χ0) is 19.2. The van der Waals surface area contributed by atoms with Crippen molar-refractivity contribution in [2.45, 2.75) is 39.2 Å². The van der Waals surface area contributed by atoms with Gasteiger partial charge in [0, 0.05) is 37.9 Å². The zero-order valence-electron chi connectivity index (χ0n) is 16.0. The molecule has 0 spiro atoms. The molecule has 6 nitrogen and oxygen atoms in total. The van der Waals surface area contributed by atoms with Gasteiger partial charge in [-0.05, 0) is 57.4 Å². The molecule has 1 fully saturated rings. The van der Waals surface area contributed by atoms with Crippen LogP contribution in [-0.4, -0.2) is 52.6 Å². The molecule has 3 heterocycles. The van der Waals surface area contributed by atoms with Crippen LogP contribution in [0.15, 0.2) is 24.3 Å². The minimum atomic E-state index is -0.482. The molecule has 0 N–H and O–H groups in total. The van der Waals surface area contributed by atoms with Crippen LogP contribution in [-0.2, 0) is 17.6 Å². The number of fused-ring (bicyclic) bond motifs is 3. The lowest BCUT2D eigenvalue weighted by molar-refractivity contribution is 0.0240. The van der Waals surface area contributed by atoms with Gasteiger partial charge in [-0.2, -0.15) is 5.10 Å². The van der Waals surface area contributed by atoms with E-state index in [9.17, 15) is 9.18 Å². The lowest BCUT2D eigenvalue weighted by Crippen LogP contribution is -2.50. The molecule has 7 heteroatoms. The number of benzene rings is 1. The zero-order valence-corrected chi connectivity index (χ0v) is 16.0. The SMILES string of the molecule is CC(C)(C)OC(=O)N1CCN(c2cc3n(n2)-c2ccc(F)cc2CC3)CC1. The van der Waals surface area contributed by atoms with Crippen molar-refractivity contribution in [2.75, 3.05) is 31.1 Å². The minimum absolute atomic E-state index is 0.206. The number of aromatic nitrogens is 2. The van der Waals surface area contributed by atoms with E-state index in [0.29, 0.717) is 26.2 Å². The summed E-state index contributed by atoms with van der Waals surface area (Å²) in [6.07, 6.45) is 1.41. The number of carbonyl (C=O) groups is 1. The monoisotopic (exact) mass is 372 g/mol. The largest absolute Gasteiger partial charge is 0.444 e. The van der Waals surface area contributed by atoms with Gasteiger partial charge in [-0.25, -0.2) is 13.9 Å². The van der Waals surface area contributed by atoms with Gasteiger partial charge < -0.3 is 14.5 Å². The van der Waals surface area contributed by atoms with Crippen LogP contribution in [0.1, 0.15) is 32.0 Å². The molecule has 0 atom stereocenters. The van der Waals surface area contributed by atoms with Crippen molar-refractivity contribution in [3.63, 3.8) is 0 Å². The van der Waals surface area contributed by atoms with Crippen LogP contribution in [0.3, 0.4) is 0 Å². The summed E-state index contributed by atoms with van der Waals surface area (Å²) in [6.45, 7) is 8.28. The van der Waals surface area contributed by atoms with E-state index in [4.69, 9.17) is 9.84 Å². The van der Waals surface area contributed by atoms with Gasteiger partial charge in [0.25, 0.3) is 0 Å². The Morgan fingerprint density at radius 2 is 1.85 bits per heavy atom. The summed E-state index contributed by atoms with van der Waals surface area (Å²) in [4.78, 5) is 16.2. The van der Waals surface area contributed by atoms with Gasteiger partial charge in [0.15, 0.2) is 5.82 Å². The molecule has 2 aromatic rings. The van der Waals surface area contributed by atoms with E-state index in [1.54, 1.807) is 17.0 Å². The predicted molar refractivity (Wildman–Crippen MR) is 101 cm³/mol. The summed E-state index contributed by atoms with van der Waals surface area (Å²) in [5.41, 5.74) is 2.60. The Labute approximate surface area is 158 Å². The van der Waals surface area contributed by atoms with Crippen molar-refractivity contribution in [1.29, 1.82) is 0 Å². The fourth-order valence-electron chi connectivity index (χ4n) is 3.62. The van der Waals surface area contributed by atoms with Crippen LogP contribution in [0.25, 0.3) is 5.69 Å². The number of piperazine rings is 1. The number of nitrogens with zero attached hydrogens (tertiary/aromatic N) is 4. The third kappa shape index (κ3) is 3.63. The van der Waals surface area contributed by atoms with E-state index in [1.807, 2.05) is 25.5 Å². The molecule has 1 aromatic carbocycles. The van der Waals surface area contributed by atoms with Crippen LogP contribution in [0.2, 0.25) is 0 Å². The molecule has 0 unspecified atom stereocenters. The predicted octanol–water partition coefficient (Wildman–Crippen LogP) is 3.17. The highest BCUT2D eigenvalue weighted by Crippen LogP contribution is 2.28. The molecule has 2 aliphatic heterocycles. The van der Waals surface area contributed by atoms with E-state index < -0.39 is 5.60 Å². The van der Waals surface area contributed by atoms with E-state index in [0.717, 1.165) is 35.6 Å². The maximum absolute atomic E-state index is 13.5. The van der Waals surface area contributed by atoms with Crippen LogP contribution in [0.4, 0.5) is 15.0 Å². The topological polar surface area (TPSA) is 50.6 Å². The molecule has 144 valence electrons. The molecule has 4 rings (SSSR count). The van der Waals surface area contributed by atoms with Gasteiger partial charge in [-0.1, -0.05) is 0 Å². The van der Waals surface area contributed by atoms with Crippen LogP contribution in [0, 0.1) is 5.82 Å². The van der Waals surface area contributed by atoms with Crippen molar-refractivity contribution < 1.29 is 13.9 Å². The smallest absolute Gasteiger partial charge is 0.410 e. The summed E-state index contributed by atoms with van der Waals surface area (Å²) in [5, 5.41) is 4.76. The molecule has 0 radical (unpaired) electrons. The van der Waals surface area contributed by atoms with Gasteiger partial charge in [0.1, 0.15) is 11.4 Å². The summed E-state index contributed by atoms with van der Waals surface area (Å²) < 4.78 is 20.9. The van der Waals surface area contributed by atoms with E-state index >= 15 is 0 Å². The highest BCUT2D eigenvalue weighted by Gasteiger charge is 2.28. The Balaban J connectivity index is 1.46. The number of hydrogen-bond acceptors (Lipinski definition) is 4. The number of anilines is 1. The molecule has 0 saturated carbocycles. The fraction of sp³-hybridized carbons (Fsp3) is 0.500. The quantitative estimate of drug-likeness (QED) is 0.772. The summed E-state index contributed by atoms with van der Waals surface area (Å²) in [6, 6.07) is 6.98. The number of aryl methyl sites for hydroxylation is 2. The van der Waals surface area contributed by atoms with Crippen molar-refractivity contribution >= 4 is 11.9 Å². The molecule has 1 aromatic heterocycles. The number of ether oxygens (including phenoxy) is 1. The Bertz CT molecular complexity index is 863. The molecular formula is C20H25FN4O2. The lowest BCUT2D eigenvalue weighted by atomic mass is 10.0. The molecule has 27 heavy (non-hydrogen) atoms. The first-order chi connectivity index (χ1) is 12.8. The fourth-order valence-corrected chi connectivity index (χ4v) is 3.62. The standard InChI is InChI=1S/C20H25FN4O2/c1-20(2,3)27-19(26)24-10-8-23(9-11-24)18-13-16-6-4-14-12-15(21)5-7-17(14)25(16)22-18/h5,7,12-13H,4,6,8-11H2,1-3H3. The maximum atomic E-state index is 13.5. The Morgan fingerprint density at radius 1 is 1.11 bits per heavy atom. The second kappa shape index (κ2) is 6.55. The minimum Gasteiger partial charge on any atom is -0.444 e. The molecule has 0 bridgehead atoms. The second-order valence-corrected chi connectivity index (χ2v) is 8.13. The van der Waals surface area contributed by atoms with Gasteiger partial charge in [-0.15, -0.1) is 0 Å². The van der Waals surface area contributed by atoms with E-state index in [2.05, 4.69) is 11.0 Å². The molecule has 1 amide bonds. The first kappa shape index (κ1) is 17.8. The summed E-state index contributed by atoms with van der Waals surface area (Å²) in [7, 11) is 0. The normalized spacial score (nSPS) is 16.7. The second-order valence-electron chi connectivity index (χ2n) is 8.13.